The van der Waals surface area contributed by atoms with Gasteiger partial charge >= 0.3 is 10.2 Å². The van der Waals surface area contributed by atoms with Crippen molar-refractivity contribution in [3.63, 3.8) is 0 Å². The Hall–Kier alpha value is -2.09. The van der Waals surface area contributed by atoms with Gasteiger partial charge in [-0.25, -0.2) is 0 Å². The molecule has 158 valence electrons. The predicted molar refractivity (Wildman–Crippen MR) is 105 cm³/mol. The summed E-state index contributed by atoms with van der Waals surface area (Å²) < 4.78 is 33.8. The average Bonchev–Trinajstić information content (AvgIpc) is 3.06. The van der Waals surface area contributed by atoms with E-state index in [0.717, 1.165) is 0 Å². The lowest BCUT2D eigenvalue weighted by molar-refractivity contribution is -0.775. The molecule has 1 saturated heterocycles. The van der Waals surface area contributed by atoms with Crippen LogP contribution >= 0.6 is 15.9 Å². The summed E-state index contributed by atoms with van der Waals surface area (Å²) in [7, 11) is -3.71. The number of nitrogens with one attached hydrogen (secondary N) is 1. The summed E-state index contributed by atoms with van der Waals surface area (Å²) in [4.78, 5) is 18.5. The van der Waals surface area contributed by atoms with Crippen molar-refractivity contribution in [2.75, 3.05) is 37.7 Å². The van der Waals surface area contributed by atoms with Crippen molar-refractivity contribution in [2.45, 2.75) is 19.9 Å². The Balaban J connectivity index is 1.99. The Labute approximate surface area is 176 Å². The molecule has 1 N–H and O–H groups in total. The molecule has 3 rings (SSSR count). The summed E-state index contributed by atoms with van der Waals surface area (Å²) in [5, 5.41) is 13.1. The Bertz CT molecular complexity index is 1020. The smallest absolute Gasteiger partial charge is 0.332 e. The van der Waals surface area contributed by atoms with Crippen LogP contribution in [0.25, 0.3) is 0 Å². The number of pyridine rings is 1. The summed E-state index contributed by atoms with van der Waals surface area (Å²) in [5.41, 5.74) is 0.159. The van der Waals surface area contributed by atoms with E-state index in [9.17, 15) is 13.2 Å². The number of carbonyl (C=O) groups excluding carboxylic acids is 1. The van der Waals surface area contributed by atoms with Gasteiger partial charge in [-0.1, -0.05) is 18.6 Å². The molecule has 3 heterocycles. The zero-order valence-corrected chi connectivity index (χ0v) is 18.4. The van der Waals surface area contributed by atoms with Crippen LogP contribution in [0.4, 0.5) is 0 Å². The van der Waals surface area contributed by atoms with Gasteiger partial charge in [-0.2, -0.15) is 17.0 Å². The molecule has 1 aliphatic rings. The van der Waals surface area contributed by atoms with E-state index in [1.54, 1.807) is 37.2 Å². The highest BCUT2D eigenvalue weighted by molar-refractivity contribution is 9.10. The molecule has 13 heteroatoms. The van der Waals surface area contributed by atoms with Gasteiger partial charge < -0.3 is 4.52 Å². The van der Waals surface area contributed by atoms with E-state index < -0.39 is 16.3 Å². The van der Waals surface area contributed by atoms with Crippen molar-refractivity contribution < 1.29 is 22.5 Å². The van der Waals surface area contributed by atoms with Crippen LogP contribution in [0.15, 0.2) is 33.7 Å². The minimum Gasteiger partial charge on any atom is -0.379 e. The SMILES string of the molecule is CCN(CC)S(=O)(=O)N1CCN([n+]2[n-]oc(=N)c2Br)C(C(=O)c2cccnc2)C1. The first kappa shape index (κ1) is 21.6. The number of Topliss-reactive ketones (excluding diaryl/α,β-unsaturated/α-hetero) is 1. The highest BCUT2D eigenvalue weighted by Gasteiger charge is 2.40. The average molecular weight is 488 g/mol. The minimum atomic E-state index is -3.71. The van der Waals surface area contributed by atoms with E-state index in [1.807, 2.05) is 0 Å². The van der Waals surface area contributed by atoms with Crippen LogP contribution in [0.5, 0.6) is 0 Å². The second kappa shape index (κ2) is 8.73. The van der Waals surface area contributed by atoms with Crippen LogP contribution in [0, 0.1) is 5.41 Å². The van der Waals surface area contributed by atoms with E-state index in [-0.39, 0.29) is 35.6 Å². The lowest BCUT2D eigenvalue weighted by atomic mass is 10.0. The van der Waals surface area contributed by atoms with E-state index in [2.05, 4.69) is 26.2 Å². The second-order valence-corrected chi connectivity index (χ2v) is 9.00. The molecule has 0 amide bonds. The first-order valence-electron chi connectivity index (χ1n) is 9.06. The Morgan fingerprint density at radius 2 is 2.17 bits per heavy atom. The molecule has 1 fully saturated rings. The first-order chi connectivity index (χ1) is 13.8. The van der Waals surface area contributed by atoms with Gasteiger partial charge in [0.05, 0.1) is 6.04 Å². The number of hydrogen-bond acceptors (Lipinski definition) is 7. The highest BCUT2D eigenvalue weighted by atomic mass is 79.9. The van der Waals surface area contributed by atoms with E-state index >= 15 is 0 Å². The third kappa shape index (κ3) is 4.13. The van der Waals surface area contributed by atoms with Crippen LogP contribution in [0.3, 0.4) is 0 Å². The monoisotopic (exact) mass is 487 g/mol. The maximum atomic E-state index is 13.2. The molecular formula is C16H22BrN7O4S. The van der Waals surface area contributed by atoms with Crippen LogP contribution in [-0.2, 0) is 10.2 Å². The summed E-state index contributed by atoms with van der Waals surface area (Å²) in [5.74, 6) is -0.300. The molecule has 11 nitrogen and oxygen atoms in total. The zero-order chi connectivity index (χ0) is 21.2. The molecule has 1 aliphatic heterocycles. The van der Waals surface area contributed by atoms with Gasteiger partial charge in [-0.3, -0.25) is 20.2 Å². The van der Waals surface area contributed by atoms with Gasteiger partial charge in [-0.05, 0) is 17.4 Å². The van der Waals surface area contributed by atoms with Crippen molar-refractivity contribution in [2.24, 2.45) is 0 Å². The van der Waals surface area contributed by atoms with Crippen LogP contribution in [0.1, 0.15) is 24.2 Å². The fourth-order valence-electron chi connectivity index (χ4n) is 3.22. The van der Waals surface area contributed by atoms with Gasteiger partial charge in [0.25, 0.3) is 10.2 Å². The Morgan fingerprint density at radius 1 is 1.45 bits per heavy atom. The number of piperazine rings is 1. The first-order valence-corrected chi connectivity index (χ1v) is 11.3. The second-order valence-electron chi connectivity index (χ2n) is 6.32. The number of aromatic nitrogens is 3. The highest BCUT2D eigenvalue weighted by Crippen LogP contribution is 2.17. The molecule has 0 bridgehead atoms. The lowest BCUT2D eigenvalue weighted by Gasteiger charge is -2.41. The number of ketones is 1. The van der Waals surface area contributed by atoms with Crippen LogP contribution in [-0.4, -0.2) is 66.6 Å². The fourth-order valence-corrected chi connectivity index (χ4v) is 5.18. The maximum Gasteiger partial charge on any atom is 0.332 e. The maximum absolute atomic E-state index is 13.2. The minimum absolute atomic E-state index is 0.0633. The van der Waals surface area contributed by atoms with Crippen LogP contribution in [0.2, 0.25) is 0 Å². The fraction of sp³-hybridized carbons (Fsp3) is 0.500. The zero-order valence-electron chi connectivity index (χ0n) is 16.0. The van der Waals surface area contributed by atoms with Gasteiger partial charge in [-0.15, -0.1) is 0 Å². The molecule has 29 heavy (non-hydrogen) atoms. The number of halogens is 1. The molecule has 0 aromatic carbocycles. The Morgan fingerprint density at radius 3 is 2.72 bits per heavy atom. The third-order valence-electron chi connectivity index (χ3n) is 4.74. The summed E-state index contributed by atoms with van der Waals surface area (Å²) >= 11 is 3.23. The number of hydrogen-bond donors (Lipinski definition) is 1. The van der Waals surface area contributed by atoms with Gasteiger partial charge in [0.1, 0.15) is 0 Å². The third-order valence-corrected chi connectivity index (χ3v) is 7.57. The molecule has 2 aromatic rings. The van der Waals surface area contributed by atoms with Crippen molar-refractivity contribution in [1.82, 2.24) is 18.9 Å². The molecule has 2 aromatic heterocycles. The van der Waals surface area contributed by atoms with Crippen molar-refractivity contribution >= 4 is 31.9 Å². The number of rotatable bonds is 7. The van der Waals surface area contributed by atoms with E-state index in [4.69, 9.17) is 9.93 Å². The standard InChI is InChI=1S/C16H22BrN7O4S/c1-3-21(4-2)29(26,27)22-8-9-23(24-15(17)16(18)28-20-24)13(11-22)14(25)12-6-5-7-19-10-12/h5-7,10,13,18H,3-4,8-9,11H2,1-2H3. The van der Waals surface area contributed by atoms with Crippen molar-refractivity contribution in [3.05, 3.63) is 40.2 Å². The number of carbonyl (C=O) groups is 1. The topological polar surface area (TPSA) is 129 Å². The van der Waals surface area contributed by atoms with Crippen LogP contribution < -0.4 is 20.6 Å². The van der Waals surface area contributed by atoms with Crippen molar-refractivity contribution in [3.8, 4) is 0 Å². The molecule has 0 aliphatic carbocycles. The lowest BCUT2D eigenvalue weighted by Crippen LogP contribution is -2.74. The quantitative estimate of drug-likeness (QED) is 0.401. The normalized spacial score (nSPS) is 18.3. The van der Waals surface area contributed by atoms with Crippen molar-refractivity contribution in [1.29, 1.82) is 5.41 Å². The largest absolute Gasteiger partial charge is 0.379 e. The molecule has 0 radical (unpaired) electrons. The molecule has 1 unspecified atom stereocenters. The molecule has 1 atom stereocenters. The van der Waals surface area contributed by atoms with Gasteiger partial charge in [0.2, 0.25) is 0 Å². The molecular weight excluding hydrogens is 466 g/mol. The summed E-state index contributed by atoms with van der Waals surface area (Å²) in [6, 6.07) is 2.40. The summed E-state index contributed by atoms with van der Waals surface area (Å²) in [6.07, 6.45) is 3.00. The van der Waals surface area contributed by atoms with Gasteiger partial charge in [0, 0.05) is 66.6 Å². The molecule has 0 saturated carbocycles. The van der Waals surface area contributed by atoms with E-state index in [1.165, 1.54) is 19.6 Å². The Kier molecular flexibility index (Phi) is 6.51. The predicted octanol–water partition coefficient (Wildman–Crippen LogP) is -0.747. The molecule has 0 spiro atoms. The van der Waals surface area contributed by atoms with Gasteiger partial charge in [0.15, 0.2) is 5.78 Å². The van der Waals surface area contributed by atoms with E-state index in [0.29, 0.717) is 18.7 Å². The summed E-state index contributed by atoms with van der Waals surface area (Å²) in [6.45, 7) is 4.51. The number of nitrogens with zero attached hydrogens (tertiary/aromatic N) is 6.